The van der Waals surface area contributed by atoms with Gasteiger partial charge in [0, 0.05) is 6.54 Å². The molecule has 1 N–H and O–H groups in total. The first kappa shape index (κ1) is 29.7. The highest BCUT2D eigenvalue weighted by molar-refractivity contribution is 6.07. The highest BCUT2D eigenvalue weighted by atomic mass is 19.4. The first-order valence-electron chi connectivity index (χ1n) is 14.8. The van der Waals surface area contributed by atoms with E-state index in [1.807, 2.05) is 67.3 Å². The van der Waals surface area contributed by atoms with E-state index in [0.29, 0.717) is 34.8 Å². The number of amides is 2. The van der Waals surface area contributed by atoms with Gasteiger partial charge in [0.1, 0.15) is 6.61 Å². The summed E-state index contributed by atoms with van der Waals surface area (Å²) in [6, 6.07) is 20.5. The topological polar surface area (TPSA) is 61.9 Å². The Balaban J connectivity index is 1.48. The van der Waals surface area contributed by atoms with Gasteiger partial charge in [0.2, 0.25) is 0 Å². The Labute approximate surface area is 254 Å². The Morgan fingerprint density at radius 1 is 1.00 bits per heavy atom. The van der Waals surface area contributed by atoms with Gasteiger partial charge < -0.3 is 15.0 Å². The van der Waals surface area contributed by atoms with Gasteiger partial charge in [-0.05, 0) is 68.5 Å². The van der Waals surface area contributed by atoms with Crippen LogP contribution in [0, 0.1) is 0 Å². The lowest BCUT2D eigenvalue weighted by atomic mass is 9.73. The van der Waals surface area contributed by atoms with Gasteiger partial charge in [0.25, 0.3) is 11.8 Å². The fraction of sp³-hybridized carbons (Fsp3) is 0.314. The van der Waals surface area contributed by atoms with Crippen molar-refractivity contribution in [3.63, 3.8) is 0 Å². The van der Waals surface area contributed by atoms with Crippen molar-refractivity contribution in [1.29, 1.82) is 0 Å². The summed E-state index contributed by atoms with van der Waals surface area (Å²) < 4.78 is 46.6. The van der Waals surface area contributed by atoms with E-state index in [1.165, 1.54) is 17.0 Å². The normalized spacial score (nSPS) is 18.8. The summed E-state index contributed by atoms with van der Waals surface area (Å²) in [6.45, 7) is 4.26. The van der Waals surface area contributed by atoms with Crippen molar-refractivity contribution < 1.29 is 27.5 Å². The summed E-state index contributed by atoms with van der Waals surface area (Å²) in [6.07, 6.45) is -0.0958. The number of hydrogen-bond donors (Lipinski definition) is 1. The van der Waals surface area contributed by atoms with Crippen LogP contribution in [0.4, 0.5) is 24.5 Å². The van der Waals surface area contributed by atoms with Crippen LogP contribution >= 0.6 is 0 Å². The molecule has 1 fully saturated rings. The van der Waals surface area contributed by atoms with Crippen molar-refractivity contribution in [1.82, 2.24) is 4.90 Å². The molecule has 1 aliphatic carbocycles. The van der Waals surface area contributed by atoms with E-state index < -0.39 is 29.2 Å². The number of carbonyl (C=O) groups excluding carboxylic acids is 2. The second kappa shape index (κ2) is 11.6. The van der Waals surface area contributed by atoms with Gasteiger partial charge in [0.05, 0.1) is 46.4 Å². The predicted molar refractivity (Wildman–Crippen MR) is 163 cm³/mol. The third kappa shape index (κ3) is 5.30. The summed E-state index contributed by atoms with van der Waals surface area (Å²) >= 11 is 0. The number of alkyl halides is 3. The number of para-hydroxylation sites is 2. The molecule has 2 amide bonds. The number of carbonyl (C=O) groups is 2. The van der Waals surface area contributed by atoms with Gasteiger partial charge in [-0.1, -0.05) is 66.2 Å². The number of benzene rings is 3. The zero-order valence-electron chi connectivity index (χ0n) is 24.7. The number of anilines is 2. The van der Waals surface area contributed by atoms with Crippen molar-refractivity contribution in [2.75, 3.05) is 23.4 Å². The molecule has 6 rings (SSSR count). The second-order valence-electron chi connectivity index (χ2n) is 11.8. The van der Waals surface area contributed by atoms with Crippen LogP contribution in [-0.4, -0.2) is 35.4 Å². The quantitative estimate of drug-likeness (QED) is 0.287. The van der Waals surface area contributed by atoms with E-state index in [-0.39, 0.29) is 19.1 Å². The summed E-state index contributed by atoms with van der Waals surface area (Å²) in [5.41, 5.74) is 3.26. The highest BCUT2D eigenvalue weighted by Crippen LogP contribution is 2.55. The minimum atomic E-state index is -4.53. The molecule has 6 nitrogen and oxygen atoms in total. The molecule has 2 aliphatic heterocycles. The molecule has 228 valence electrons. The third-order valence-electron chi connectivity index (χ3n) is 8.70. The van der Waals surface area contributed by atoms with Crippen LogP contribution in [0.2, 0.25) is 0 Å². The van der Waals surface area contributed by atoms with Gasteiger partial charge in [-0.15, -0.1) is 0 Å². The summed E-state index contributed by atoms with van der Waals surface area (Å²) in [7, 11) is 0. The van der Waals surface area contributed by atoms with Crippen LogP contribution in [0.1, 0.15) is 55.8 Å². The van der Waals surface area contributed by atoms with E-state index in [0.717, 1.165) is 42.5 Å². The molecule has 1 atom stereocenters. The van der Waals surface area contributed by atoms with Crippen molar-refractivity contribution in [3.05, 3.63) is 118 Å². The van der Waals surface area contributed by atoms with Crippen molar-refractivity contribution in [2.45, 2.75) is 57.5 Å². The number of halogens is 3. The molecule has 0 aromatic heterocycles. The molecule has 1 saturated carbocycles. The van der Waals surface area contributed by atoms with E-state index in [2.05, 4.69) is 5.32 Å². The monoisotopic (exact) mass is 601 g/mol. The van der Waals surface area contributed by atoms with Gasteiger partial charge in [-0.2, -0.15) is 13.2 Å². The van der Waals surface area contributed by atoms with E-state index in [9.17, 15) is 22.8 Å². The Morgan fingerprint density at radius 2 is 1.68 bits per heavy atom. The Morgan fingerprint density at radius 3 is 2.32 bits per heavy atom. The summed E-state index contributed by atoms with van der Waals surface area (Å²) in [4.78, 5) is 32.1. The largest absolute Gasteiger partial charge is 0.416 e. The van der Waals surface area contributed by atoms with Crippen LogP contribution in [0.5, 0.6) is 0 Å². The third-order valence-corrected chi connectivity index (χ3v) is 8.70. The van der Waals surface area contributed by atoms with Crippen molar-refractivity contribution in [2.24, 2.45) is 0 Å². The Bertz CT molecular complexity index is 1620. The number of ether oxygens (including phenoxy) is 1. The first-order chi connectivity index (χ1) is 21.1. The van der Waals surface area contributed by atoms with Gasteiger partial charge in [-0.25, -0.2) is 0 Å². The maximum Gasteiger partial charge on any atom is 0.416 e. The number of rotatable bonds is 7. The minimum Gasteiger partial charge on any atom is -0.367 e. The molecule has 1 unspecified atom stereocenters. The van der Waals surface area contributed by atoms with Crippen molar-refractivity contribution in [3.8, 4) is 0 Å². The molecule has 44 heavy (non-hydrogen) atoms. The summed E-state index contributed by atoms with van der Waals surface area (Å²) in [5, 5.41) is 3.55. The standard InChI is InChI=1S/C35H34F3N3O3/c1-23(2)17-20-40-33(43)30-31(25-13-15-26(16-14-25)35(36,37)38)41(29(42)22-44-21-24-9-4-3-5-10-24)28-12-7-6-11-27(28)39-32(30)34(40)18-8-19-34/h3-7,9-17,31,39H,8,18-22H2,1-2H3. The van der Waals surface area contributed by atoms with Gasteiger partial charge in [0.15, 0.2) is 0 Å². The number of allylic oxidation sites excluding steroid dienone is 1. The first-order valence-corrected chi connectivity index (χ1v) is 14.8. The van der Waals surface area contributed by atoms with Crippen LogP contribution in [0.15, 0.2) is 102 Å². The lowest BCUT2D eigenvalue weighted by Crippen LogP contribution is -2.54. The molecular weight excluding hydrogens is 567 g/mol. The molecular formula is C35H34F3N3O3. The van der Waals surface area contributed by atoms with Crippen molar-refractivity contribution >= 4 is 23.2 Å². The fourth-order valence-corrected chi connectivity index (χ4v) is 6.37. The average Bonchev–Trinajstić information content (AvgIpc) is 3.11. The number of fused-ring (bicyclic) bond motifs is 2. The number of nitrogens with zero attached hydrogens (tertiary/aromatic N) is 2. The molecule has 9 heteroatoms. The van der Waals surface area contributed by atoms with E-state index in [4.69, 9.17) is 4.74 Å². The van der Waals surface area contributed by atoms with Gasteiger partial charge in [-0.3, -0.25) is 14.5 Å². The average molecular weight is 602 g/mol. The Kier molecular flexibility index (Phi) is 7.84. The molecule has 0 radical (unpaired) electrons. The zero-order valence-corrected chi connectivity index (χ0v) is 24.7. The molecule has 0 saturated heterocycles. The van der Waals surface area contributed by atoms with Crippen LogP contribution in [0.3, 0.4) is 0 Å². The minimum absolute atomic E-state index is 0.206. The van der Waals surface area contributed by atoms with E-state index in [1.54, 1.807) is 12.1 Å². The lowest BCUT2D eigenvalue weighted by Gasteiger charge is -2.47. The highest BCUT2D eigenvalue weighted by Gasteiger charge is 2.58. The van der Waals surface area contributed by atoms with Crippen LogP contribution < -0.4 is 10.2 Å². The SMILES string of the molecule is CC(C)=CCN1C(=O)C2=C(Nc3ccccc3N(C(=O)COCc3ccccc3)C2c2ccc(C(F)(F)F)cc2)C12CCC2. The lowest BCUT2D eigenvalue weighted by molar-refractivity contribution is -0.137. The molecule has 0 bridgehead atoms. The predicted octanol–water partition coefficient (Wildman–Crippen LogP) is 7.41. The zero-order chi connectivity index (χ0) is 31.1. The van der Waals surface area contributed by atoms with Crippen LogP contribution in [-0.2, 0) is 27.1 Å². The fourth-order valence-electron chi connectivity index (χ4n) is 6.37. The number of nitrogens with one attached hydrogen (secondary N) is 1. The smallest absolute Gasteiger partial charge is 0.367 e. The van der Waals surface area contributed by atoms with Crippen LogP contribution in [0.25, 0.3) is 0 Å². The summed E-state index contributed by atoms with van der Waals surface area (Å²) in [5.74, 6) is -0.641. The Hall–Kier alpha value is -4.37. The molecule has 2 heterocycles. The van der Waals surface area contributed by atoms with E-state index >= 15 is 0 Å². The maximum absolute atomic E-state index is 14.5. The number of hydrogen-bond acceptors (Lipinski definition) is 4. The maximum atomic E-state index is 14.5. The second-order valence-corrected chi connectivity index (χ2v) is 11.8. The molecule has 3 aromatic rings. The molecule has 3 aromatic carbocycles. The van der Waals surface area contributed by atoms with Gasteiger partial charge >= 0.3 is 6.18 Å². The molecule has 3 aliphatic rings. The molecule has 1 spiro atoms.